The summed E-state index contributed by atoms with van der Waals surface area (Å²) in [6.07, 6.45) is 2.51. The lowest BCUT2D eigenvalue weighted by Gasteiger charge is -2.05. The molecule has 0 unspecified atom stereocenters. The zero-order valence-corrected chi connectivity index (χ0v) is 11.3. The first-order valence-electron chi connectivity index (χ1n) is 6.03. The number of aromatic nitrogens is 2. The minimum atomic E-state index is 0.576. The number of thiophene rings is 1. The summed E-state index contributed by atoms with van der Waals surface area (Å²) in [5, 5.41) is 0.951. The molecule has 0 amide bonds. The van der Waals surface area contributed by atoms with Crippen molar-refractivity contribution in [3.8, 4) is 11.6 Å². The molecule has 2 N–H and O–H groups in total. The van der Waals surface area contributed by atoms with Crippen LogP contribution in [0.4, 0.5) is 5.69 Å². The molecule has 3 rings (SSSR count). The minimum absolute atomic E-state index is 0.576. The van der Waals surface area contributed by atoms with E-state index in [0.29, 0.717) is 17.3 Å². The topological polar surface area (TPSA) is 61.0 Å². The normalized spacial score (nSPS) is 10.8. The maximum atomic E-state index is 5.81. The van der Waals surface area contributed by atoms with Crippen LogP contribution < -0.4 is 10.5 Å². The zero-order valence-electron chi connectivity index (χ0n) is 10.5. The molecule has 0 saturated heterocycles. The number of nitrogen functional groups attached to an aromatic ring is 1. The second kappa shape index (κ2) is 4.85. The van der Waals surface area contributed by atoms with E-state index in [1.807, 2.05) is 18.2 Å². The molecule has 0 aliphatic heterocycles. The van der Waals surface area contributed by atoms with Crippen molar-refractivity contribution >= 4 is 27.2 Å². The molecule has 4 nitrogen and oxygen atoms in total. The van der Waals surface area contributed by atoms with Gasteiger partial charge in [0.25, 0.3) is 0 Å². The van der Waals surface area contributed by atoms with E-state index in [2.05, 4.69) is 23.0 Å². The first-order valence-corrected chi connectivity index (χ1v) is 6.84. The number of ether oxygens (including phenoxy) is 1. The van der Waals surface area contributed by atoms with Crippen LogP contribution in [0, 0.1) is 0 Å². The van der Waals surface area contributed by atoms with E-state index in [4.69, 9.17) is 10.5 Å². The van der Waals surface area contributed by atoms with E-state index in [9.17, 15) is 0 Å². The fraction of sp³-hybridized carbons (Fsp3) is 0.143. The van der Waals surface area contributed by atoms with Gasteiger partial charge >= 0.3 is 0 Å². The lowest BCUT2D eigenvalue weighted by Crippen LogP contribution is -1.91. The van der Waals surface area contributed by atoms with E-state index < -0.39 is 0 Å². The summed E-state index contributed by atoms with van der Waals surface area (Å²) in [7, 11) is 0. The van der Waals surface area contributed by atoms with Crippen LogP contribution in [0.1, 0.15) is 11.8 Å². The molecule has 0 spiro atoms. The van der Waals surface area contributed by atoms with Crippen LogP contribution >= 0.6 is 11.3 Å². The Bertz CT molecular complexity index is 724. The van der Waals surface area contributed by atoms with E-state index >= 15 is 0 Å². The molecule has 0 aliphatic carbocycles. The van der Waals surface area contributed by atoms with Gasteiger partial charge in [-0.25, -0.2) is 9.97 Å². The summed E-state index contributed by atoms with van der Waals surface area (Å²) in [4.78, 5) is 10.7. The Morgan fingerprint density at radius 3 is 2.95 bits per heavy atom. The number of benzene rings is 1. The molecule has 2 aromatic heterocycles. The van der Waals surface area contributed by atoms with Crippen molar-refractivity contribution in [1.82, 2.24) is 9.97 Å². The molecule has 2 heterocycles. The predicted octanol–water partition coefficient (Wildman–Crippen LogP) is 3.63. The van der Waals surface area contributed by atoms with Crippen molar-refractivity contribution in [2.45, 2.75) is 13.3 Å². The molecule has 3 aromatic rings. The SMILES string of the molecule is CCc1cc2c(Oc3cccc(N)c3)ncnc2s1. The number of aryl methyl sites for hydroxylation is 1. The van der Waals surface area contributed by atoms with Crippen molar-refractivity contribution < 1.29 is 4.74 Å². The van der Waals surface area contributed by atoms with Gasteiger partial charge in [0.15, 0.2) is 0 Å². The van der Waals surface area contributed by atoms with Gasteiger partial charge in [0, 0.05) is 16.6 Å². The Hall–Kier alpha value is -2.14. The number of anilines is 1. The summed E-state index contributed by atoms with van der Waals surface area (Å²) < 4.78 is 5.81. The Kier molecular flexibility index (Phi) is 3.05. The molecule has 0 bridgehead atoms. The van der Waals surface area contributed by atoms with E-state index in [-0.39, 0.29) is 0 Å². The third-order valence-corrected chi connectivity index (χ3v) is 3.95. The lowest BCUT2D eigenvalue weighted by atomic mass is 10.3. The Morgan fingerprint density at radius 1 is 1.26 bits per heavy atom. The van der Waals surface area contributed by atoms with E-state index in [1.54, 1.807) is 17.4 Å². The first-order chi connectivity index (χ1) is 9.26. The second-order valence-electron chi connectivity index (χ2n) is 4.14. The van der Waals surface area contributed by atoms with Crippen LogP contribution in [-0.2, 0) is 6.42 Å². The lowest BCUT2D eigenvalue weighted by molar-refractivity contribution is 0.468. The zero-order chi connectivity index (χ0) is 13.2. The highest BCUT2D eigenvalue weighted by atomic mass is 32.1. The van der Waals surface area contributed by atoms with E-state index in [1.165, 1.54) is 11.2 Å². The fourth-order valence-corrected chi connectivity index (χ4v) is 2.75. The molecule has 96 valence electrons. The first kappa shape index (κ1) is 11.9. The van der Waals surface area contributed by atoms with Gasteiger partial charge in [-0.2, -0.15) is 0 Å². The summed E-state index contributed by atoms with van der Waals surface area (Å²) in [5.41, 5.74) is 6.41. The highest BCUT2D eigenvalue weighted by molar-refractivity contribution is 7.18. The Morgan fingerprint density at radius 2 is 2.16 bits per heavy atom. The van der Waals surface area contributed by atoms with Crippen molar-refractivity contribution in [3.63, 3.8) is 0 Å². The Labute approximate surface area is 114 Å². The highest BCUT2D eigenvalue weighted by Crippen LogP contribution is 2.32. The molecule has 0 aliphatic rings. The number of nitrogens with zero attached hydrogens (tertiary/aromatic N) is 2. The number of rotatable bonds is 3. The van der Waals surface area contributed by atoms with Gasteiger partial charge in [0.05, 0.1) is 5.39 Å². The molecular formula is C14H13N3OS. The molecule has 0 fully saturated rings. The minimum Gasteiger partial charge on any atom is -0.438 e. The van der Waals surface area contributed by atoms with Crippen LogP contribution in [0.3, 0.4) is 0 Å². The van der Waals surface area contributed by atoms with Crippen molar-refractivity contribution in [2.75, 3.05) is 5.73 Å². The molecule has 0 atom stereocenters. The molecule has 5 heteroatoms. The number of hydrogen-bond donors (Lipinski definition) is 1. The van der Waals surface area contributed by atoms with Gasteiger partial charge in [0.1, 0.15) is 16.9 Å². The fourth-order valence-electron chi connectivity index (χ4n) is 1.83. The van der Waals surface area contributed by atoms with Crippen molar-refractivity contribution in [2.24, 2.45) is 0 Å². The van der Waals surface area contributed by atoms with Crippen molar-refractivity contribution in [1.29, 1.82) is 0 Å². The van der Waals surface area contributed by atoms with Gasteiger partial charge in [-0.3, -0.25) is 0 Å². The number of nitrogens with two attached hydrogens (primary N) is 1. The molecule has 19 heavy (non-hydrogen) atoms. The van der Waals surface area contributed by atoms with E-state index in [0.717, 1.165) is 16.6 Å². The smallest absolute Gasteiger partial charge is 0.231 e. The molecular weight excluding hydrogens is 258 g/mol. The number of fused-ring (bicyclic) bond motifs is 1. The second-order valence-corrected chi connectivity index (χ2v) is 5.25. The average Bonchev–Trinajstić information content (AvgIpc) is 2.83. The van der Waals surface area contributed by atoms with Gasteiger partial charge in [-0.15, -0.1) is 11.3 Å². The third kappa shape index (κ3) is 2.37. The van der Waals surface area contributed by atoms with Crippen molar-refractivity contribution in [3.05, 3.63) is 41.5 Å². The maximum absolute atomic E-state index is 5.81. The van der Waals surface area contributed by atoms with Crippen LogP contribution in [0.15, 0.2) is 36.7 Å². The van der Waals surface area contributed by atoms with Gasteiger partial charge in [-0.1, -0.05) is 13.0 Å². The quantitative estimate of drug-likeness (QED) is 0.739. The molecule has 1 aromatic carbocycles. The van der Waals surface area contributed by atoms with Crippen LogP contribution in [0.25, 0.3) is 10.2 Å². The Balaban J connectivity index is 2.02. The largest absolute Gasteiger partial charge is 0.438 e. The monoisotopic (exact) mass is 271 g/mol. The summed E-state index contributed by atoms with van der Waals surface area (Å²) in [6.45, 7) is 2.12. The maximum Gasteiger partial charge on any atom is 0.231 e. The van der Waals surface area contributed by atoms with Gasteiger partial charge in [-0.05, 0) is 24.6 Å². The standard InChI is InChI=1S/C14H13N3OS/c1-2-11-7-12-13(16-8-17-14(12)19-11)18-10-5-3-4-9(15)6-10/h3-8H,2,15H2,1H3. The average molecular weight is 271 g/mol. The highest BCUT2D eigenvalue weighted by Gasteiger charge is 2.09. The van der Waals surface area contributed by atoms with Crippen LogP contribution in [0.5, 0.6) is 11.6 Å². The molecule has 0 saturated carbocycles. The van der Waals surface area contributed by atoms with Gasteiger partial charge < -0.3 is 10.5 Å². The van der Waals surface area contributed by atoms with Crippen LogP contribution in [0.2, 0.25) is 0 Å². The summed E-state index contributed by atoms with van der Waals surface area (Å²) in [5.74, 6) is 1.26. The summed E-state index contributed by atoms with van der Waals surface area (Å²) in [6, 6.07) is 9.40. The number of hydrogen-bond acceptors (Lipinski definition) is 5. The van der Waals surface area contributed by atoms with Crippen LogP contribution in [-0.4, -0.2) is 9.97 Å². The summed E-state index contributed by atoms with van der Waals surface area (Å²) >= 11 is 1.67. The third-order valence-electron chi connectivity index (χ3n) is 2.76. The predicted molar refractivity (Wildman–Crippen MR) is 77.7 cm³/mol. The molecule has 0 radical (unpaired) electrons. The van der Waals surface area contributed by atoms with Gasteiger partial charge in [0.2, 0.25) is 5.88 Å².